The van der Waals surface area contributed by atoms with Crippen LogP contribution >= 0.6 is 0 Å². The van der Waals surface area contributed by atoms with Crippen molar-refractivity contribution < 1.29 is 9.47 Å². The number of hydrogen-bond donors (Lipinski definition) is 0. The Morgan fingerprint density at radius 1 is 0.640 bits per heavy atom. The summed E-state index contributed by atoms with van der Waals surface area (Å²) in [4.78, 5) is 0. The standard InChI is InChI=1S/C23H28O2/c1-3-5-7-17-24-22-13-9-20(10-14-22)19-21-11-15-23(16-12-21)25-18-8-6-4-2/h3-4,9-16H,1-2,5-8,17-19H2. The van der Waals surface area contributed by atoms with E-state index >= 15 is 0 Å². The average molecular weight is 336 g/mol. The zero-order chi connectivity index (χ0) is 17.7. The highest BCUT2D eigenvalue weighted by atomic mass is 16.5. The molecular formula is C23H28O2. The van der Waals surface area contributed by atoms with Crippen molar-refractivity contribution in [3.8, 4) is 11.5 Å². The number of ether oxygens (including phenoxy) is 2. The van der Waals surface area contributed by atoms with E-state index in [9.17, 15) is 0 Å². The predicted molar refractivity (Wildman–Crippen MR) is 106 cm³/mol. The normalized spacial score (nSPS) is 10.2. The molecule has 0 unspecified atom stereocenters. The van der Waals surface area contributed by atoms with Gasteiger partial charge in [-0.05, 0) is 67.5 Å². The van der Waals surface area contributed by atoms with Crippen molar-refractivity contribution in [2.24, 2.45) is 0 Å². The summed E-state index contributed by atoms with van der Waals surface area (Å²) in [7, 11) is 0. The Morgan fingerprint density at radius 3 is 1.40 bits per heavy atom. The summed E-state index contributed by atoms with van der Waals surface area (Å²) in [6, 6.07) is 16.7. The van der Waals surface area contributed by atoms with E-state index in [1.54, 1.807) is 0 Å². The smallest absolute Gasteiger partial charge is 0.119 e. The van der Waals surface area contributed by atoms with Gasteiger partial charge in [0.25, 0.3) is 0 Å². The molecule has 0 atom stereocenters. The molecule has 132 valence electrons. The van der Waals surface area contributed by atoms with Crippen LogP contribution in [0.5, 0.6) is 11.5 Å². The van der Waals surface area contributed by atoms with E-state index in [4.69, 9.17) is 9.47 Å². The Labute approximate surface area is 151 Å². The molecule has 25 heavy (non-hydrogen) atoms. The number of benzene rings is 2. The van der Waals surface area contributed by atoms with Gasteiger partial charge >= 0.3 is 0 Å². The SMILES string of the molecule is C=CCCCOc1ccc(Cc2ccc(OCCCC=C)cc2)cc1. The maximum Gasteiger partial charge on any atom is 0.119 e. The van der Waals surface area contributed by atoms with Gasteiger partial charge in [-0.1, -0.05) is 36.4 Å². The fourth-order valence-corrected chi connectivity index (χ4v) is 2.48. The molecule has 0 saturated carbocycles. The molecule has 2 rings (SSSR count). The lowest BCUT2D eigenvalue weighted by Gasteiger charge is -2.08. The highest BCUT2D eigenvalue weighted by Crippen LogP contribution is 2.18. The van der Waals surface area contributed by atoms with Crippen molar-refractivity contribution in [3.05, 3.63) is 85.0 Å². The van der Waals surface area contributed by atoms with Gasteiger partial charge in [0.05, 0.1) is 13.2 Å². The van der Waals surface area contributed by atoms with E-state index in [1.807, 2.05) is 36.4 Å². The second-order valence-corrected chi connectivity index (χ2v) is 6.02. The van der Waals surface area contributed by atoms with E-state index in [0.29, 0.717) is 0 Å². The molecule has 2 heteroatoms. The summed E-state index contributed by atoms with van der Waals surface area (Å²) < 4.78 is 11.4. The Kier molecular flexibility index (Phi) is 8.40. The van der Waals surface area contributed by atoms with Crippen LogP contribution in [-0.4, -0.2) is 13.2 Å². The van der Waals surface area contributed by atoms with E-state index < -0.39 is 0 Å². The van der Waals surface area contributed by atoms with Crippen LogP contribution in [0, 0.1) is 0 Å². The number of unbranched alkanes of at least 4 members (excludes halogenated alkanes) is 2. The topological polar surface area (TPSA) is 18.5 Å². The number of rotatable bonds is 12. The summed E-state index contributed by atoms with van der Waals surface area (Å²) >= 11 is 0. The van der Waals surface area contributed by atoms with Gasteiger partial charge in [0.15, 0.2) is 0 Å². The van der Waals surface area contributed by atoms with Crippen LogP contribution in [-0.2, 0) is 6.42 Å². The minimum absolute atomic E-state index is 0.736. The maximum absolute atomic E-state index is 5.71. The second-order valence-electron chi connectivity index (χ2n) is 6.02. The van der Waals surface area contributed by atoms with Gasteiger partial charge in [-0.25, -0.2) is 0 Å². The Morgan fingerprint density at radius 2 is 1.04 bits per heavy atom. The van der Waals surface area contributed by atoms with E-state index in [0.717, 1.165) is 56.8 Å². The minimum Gasteiger partial charge on any atom is -0.494 e. The Hall–Kier alpha value is -2.48. The predicted octanol–water partition coefficient (Wildman–Crippen LogP) is 5.97. The Balaban J connectivity index is 1.79. The highest BCUT2D eigenvalue weighted by molar-refractivity contribution is 5.34. The molecule has 0 N–H and O–H groups in total. The number of hydrogen-bond acceptors (Lipinski definition) is 2. The first-order chi connectivity index (χ1) is 12.3. The van der Waals surface area contributed by atoms with Crippen LogP contribution in [0.1, 0.15) is 36.8 Å². The average Bonchev–Trinajstić information content (AvgIpc) is 2.65. The van der Waals surface area contributed by atoms with Crippen molar-refractivity contribution in [1.82, 2.24) is 0 Å². The van der Waals surface area contributed by atoms with Crippen LogP contribution in [0.25, 0.3) is 0 Å². The quantitative estimate of drug-likeness (QED) is 0.351. The van der Waals surface area contributed by atoms with Gasteiger partial charge in [-0.3, -0.25) is 0 Å². The molecule has 0 bridgehead atoms. The van der Waals surface area contributed by atoms with Crippen LogP contribution in [0.4, 0.5) is 0 Å². The molecule has 2 nitrogen and oxygen atoms in total. The second kappa shape index (κ2) is 11.1. The summed E-state index contributed by atoms with van der Waals surface area (Å²) in [5.74, 6) is 1.85. The molecule has 0 spiro atoms. The van der Waals surface area contributed by atoms with Gasteiger partial charge in [0.1, 0.15) is 11.5 Å². The van der Waals surface area contributed by atoms with E-state index in [2.05, 4.69) is 37.4 Å². The van der Waals surface area contributed by atoms with Gasteiger partial charge in [0, 0.05) is 0 Å². The monoisotopic (exact) mass is 336 g/mol. The lowest BCUT2D eigenvalue weighted by Crippen LogP contribution is -1.97. The first-order valence-electron chi connectivity index (χ1n) is 8.97. The zero-order valence-corrected chi connectivity index (χ0v) is 15.0. The van der Waals surface area contributed by atoms with Crippen molar-refractivity contribution in [2.75, 3.05) is 13.2 Å². The molecular weight excluding hydrogens is 308 g/mol. The molecule has 0 fully saturated rings. The summed E-state index contributed by atoms with van der Waals surface area (Å²) in [6.45, 7) is 8.91. The van der Waals surface area contributed by atoms with Gasteiger partial charge in [-0.2, -0.15) is 0 Å². The van der Waals surface area contributed by atoms with Crippen LogP contribution in [0.3, 0.4) is 0 Å². The molecule has 0 heterocycles. The zero-order valence-electron chi connectivity index (χ0n) is 15.0. The van der Waals surface area contributed by atoms with Crippen LogP contribution in [0.15, 0.2) is 73.8 Å². The van der Waals surface area contributed by atoms with Gasteiger partial charge in [0.2, 0.25) is 0 Å². The molecule has 0 radical (unpaired) electrons. The molecule has 0 saturated heterocycles. The van der Waals surface area contributed by atoms with Crippen LogP contribution in [0.2, 0.25) is 0 Å². The first-order valence-corrected chi connectivity index (χ1v) is 8.97. The molecule has 0 aliphatic rings. The molecule has 2 aromatic carbocycles. The Bertz CT molecular complexity index is 569. The van der Waals surface area contributed by atoms with E-state index in [-0.39, 0.29) is 0 Å². The van der Waals surface area contributed by atoms with Crippen LogP contribution < -0.4 is 9.47 Å². The lowest BCUT2D eigenvalue weighted by molar-refractivity contribution is 0.312. The molecule has 0 amide bonds. The third-order valence-corrected chi connectivity index (χ3v) is 3.90. The molecule has 0 aromatic heterocycles. The summed E-state index contributed by atoms with van der Waals surface area (Å²) in [5.41, 5.74) is 2.55. The summed E-state index contributed by atoms with van der Waals surface area (Å²) in [5, 5.41) is 0. The van der Waals surface area contributed by atoms with Gasteiger partial charge < -0.3 is 9.47 Å². The summed E-state index contributed by atoms with van der Waals surface area (Å²) in [6.07, 6.45) is 8.75. The molecule has 0 aliphatic carbocycles. The first kappa shape index (κ1) is 18.9. The maximum atomic E-state index is 5.71. The fourth-order valence-electron chi connectivity index (χ4n) is 2.48. The van der Waals surface area contributed by atoms with Crippen molar-refractivity contribution in [1.29, 1.82) is 0 Å². The highest BCUT2D eigenvalue weighted by Gasteiger charge is 2.00. The lowest BCUT2D eigenvalue weighted by atomic mass is 10.0. The third-order valence-electron chi connectivity index (χ3n) is 3.90. The molecule has 0 aliphatic heterocycles. The van der Waals surface area contributed by atoms with Crippen molar-refractivity contribution in [3.63, 3.8) is 0 Å². The largest absolute Gasteiger partial charge is 0.494 e. The van der Waals surface area contributed by atoms with Crippen molar-refractivity contribution in [2.45, 2.75) is 32.1 Å². The molecule has 2 aromatic rings. The van der Waals surface area contributed by atoms with E-state index in [1.165, 1.54) is 11.1 Å². The number of allylic oxidation sites excluding steroid dienone is 2. The fraction of sp³-hybridized carbons (Fsp3) is 0.304. The minimum atomic E-state index is 0.736. The van der Waals surface area contributed by atoms with Gasteiger partial charge in [-0.15, -0.1) is 13.2 Å². The van der Waals surface area contributed by atoms with Crippen molar-refractivity contribution >= 4 is 0 Å². The third kappa shape index (κ3) is 7.30.